The molecule has 0 aliphatic rings. The third-order valence-electron chi connectivity index (χ3n) is 5.23. The van der Waals surface area contributed by atoms with Gasteiger partial charge in [0.05, 0.1) is 17.8 Å². The van der Waals surface area contributed by atoms with Crippen LogP contribution in [0.3, 0.4) is 0 Å². The third kappa shape index (κ3) is 6.61. The van der Waals surface area contributed by atoms with Crippen LogP contribution in [0.15, 0.2) is 102 Å². The lowest BCUT2D eigenvalue weighted by Crippen LogP contribution is -2.19. The number of ether oxygens (including phenoxy) is 1. The summed E-state index contributed by atoms with van der Waals surface area (Å²) in [5, 5.41) is 6.09. The minimum atomic E-state index is -0.564. The predicted octanol–water partition coefficient (Wildman–Crippen LogP) is 7.73. The zero-order valence-electron chi connectivity index (χ0n) is 19.2. The maximum atomic E-state index is 13.4. The number of methoxy groups -OCH3 is 1. The Labute approximate surface area is 223 Å². The molecule has 0 aliphatic heterocycles. The zero-order chi connectivity index (χ0) is 25.5. The van der Waals surface area contributed by atoms with Gasteiger partial charge in [0, 0.05) is 21.2 Å². The molecule has 36 heavy (non-hydrogen) atoms. The SMILES string of the molecule is COc1ccc(C(=O)Nc2cccc(SC(C(=O)Nc3ccc(Cl)cc3Cl)c3ccccc3)c2)cc1. The average molecular weight is 537 g/mol. The normalized spacial score (nSPS) is 11.4. The van der Waals surface area contributed by atoms with Gasteiger partial charge in [0.15, 0.2) is 0 Å². The van der Waals surface area contributed by atoms with Crippen LogP contribution >= 0.6 is 35.0 Å². The van der Waals surface area contributed by atoms with Crippen LogP contribution in [0.1, 0.15) is 21.2 Å². The number of anilines is 2. The Morgan fingerprint density at radius 3 is 2.28 bits per heavy atom. The first-order valence-electron chi connectivity index (χ1n) is 11.0. The van der Waals surface area contributed by atoms with Crippen molar-refractivity contribution in [2.24, 2.45) is 0 Å². The number of halogens is 2. The standard InChI is InChI=1S/C28H22Cl2N2O3S/c1-35-22-13-10-19(11-14-22)27(33)31-21-8-5-9-23(17-21)36-26(18-6-3-2-4-7-18)28(34)32-25-15-12-20(29)16-24(25)30/h2-17,26H,1H3,(H,31,33)(H,32,34). The molecule has 4 aromatic carbocycles. The highest BCUT2D eigenvalue weighted by Crippen LogP contribution is 2.38. The summed E-state index contributed by atoms with van der Waals surface area (Å²) < 4.78 is 5.14. The van der Waals surface area contributed by atoms with Crippen molar-refractivity contribution in [3.05, 3.63) is 118 Å². The molecule has 5 nitrogen and oxygen atoms in total. The second-order valence-corrected chi connectivity index (χ2v) is 9.75. The molecule has 0 aromatic heterocycles. The van der Waals surface area contributed by atoms with Crippen molar-refractivity contribution < 1.29 is 14.3 Å². The van der Waals surface area contributed by atoms with E-state index in [4.69, 9.17) is 27.9 Å². The number of benzene rings is 4. The van der Waals surface area contributed by atoms with Gasteiger partial charge in [-0.3, -0.25) is 9.59 Å². The van der Waals surface area contributed by atoms with Gasteiger partial charge in [-0.25, -0.2) is 0 Å². The molecule has 0 saturated carbocycles. The summed E-state index contributed by atoms with van der Waals surface area (Å²) in [4.78, 5) is 26.9. The van der Waals surface area contributed by atoms with Crippen molar-refractivity contribution in [1.29, 1.82) is 0 Å². The van der Waals surface area contributed by atoms with E-state index in [-0.39, 0.29) is 11.8 Å². The first-order valence-corrected chi connectivity index (χ1v) is 12.6. The Hall–Kier alpha value is -3.45. The predicted molar refractivity (Wildman–Crippen MR) is 148 cm³/mol. The fourth-order valence-electron chi connectivity index (χ4n) is 3.42. The van der Waals surface area contributed by atoms with Crippen LogP contribution in [0.4, 0.5) is 11.4 Å². The molecule has 2 N–H and O–H groups in total. The van der Waals surface area contributed by atoms with E-state index in [2.05, 4.69) is 10.6 Å². The second-order valence-electron chi connectivity index (χ2n) is 7.73. The zero-order valence-corrected chi connectivity index (χ0v) is 21.5. The number of thioether (sulfide) groups is 1. The molecule has 2 amide bonds. The topological polar surface area (TPSA) is 67.4 Å². The van der Waals surface area contributed by atoms with Crippen molar-refractivity contribution in [2.75, 3.05) is 17.7 Å². The Kier molecular flexibility index (Phi) is 8.54. The molecule has 0 heterocycles. The van der Waals surface area contributed by atoms with Crippen LogP contribution in [0, 0.1) is 0 Å². The van der Waals surface area contributed by atoms with Crippen LogP contribution in [0.2, 0.25) is 10.0 Å². The maximum absolute atomic E-state index is 13.4. The van der Waals surface area contributed by atoms with Crippen molar-refractivity contribution in [3.8, 4) is 5.75 Å². The Bertz CT molecular complexity index is 1370. The van der Waals surface area contributed by atoms with Gasteiger partial charge in [0.2, 0.25) is 5.91 Å². The van der Waals surface area contributed by atoms with Gasteiger partial charge >= 0.3 is 0 Å². The molecule has 0 bridgehead atoms. The Morgan fingerprint density at radius 2 is 1.58 bits per heavy atom. The number of hydrogen-bond donors (Lipinski definition) is 2. The van der Waals surface area contributed by atoms with E-state index in [1.165, 1.54) is 11.8 Å². The molecule has 1 unspecified atom stereocenters. The highest BCUT2D eigenvalue weighted by molar-refractivity contribution is 8.00. The number of hydrogen-bond acceptors (Lipinski definition) is 4. The number of nitrogens with one attached hydrogen (secondary N) is 2. The van der Waals surface area contributed by atoms with Crippen LogP contribution in [-0.4, -0.2) is 18.9 Å². The monoisotopic (exact) mass is 536 g/mol. The maximum Gasteiger partial charge on any atom is 0.255 e. The Morgan fingerprint density at radius 1 is 0.833 bits per heavy atom. The third-order valence-corrected chi connectivity index (χ3v) is 7.02. The summed E-state index contributed by atoms with van der Waals surface area (Å²) in [5.41, 5.74) is 2.44. The molecular weight excluding hydrogens is 515 g/mol. The van der Waals surface area contributed by atoms with Gasteiger partial charge in [-0.15, -0.1) is 11.8 Å². The largest absolute Gasteiger partial charge is 0.497 e. The fourth-order valence-corrected chi connectivity index (χ4v) is 4.96. The van der Waals surface area contributed by atoms with E-state index in [1.807, 2.05) is 48.5 Å². The molecular formula is C28H22Cl2N2O3S. The Balaban J connectivity index is 1.53. The molecule has 182 valence electrons. The van der Waals surface area contributed by atoms with E-state index < -0.39 is 5.25 Å². The lowest BCUT2D eigenvalue weighted by Gasteiger charge is -2.18. The molecule has 0 saturated heterocycles. The summed E-state index contributed by atoms with van der Waals surface area (Å²) in [5.74, 6) is 0.202. The van der Waals surface area contributed by atoms with Crippen LogP contribution in [0.5, 0.6) is 5.75 Å². The highest BCUT2D eigenvalue weighted by Gasteiger charge is 2.23. The minimum absolute atomic E-state index is 0.233. The van der Waals surface area contributed by atoms with Gasteiger partial charge in [-0.2, -0.15) is 0 Å². The summed E-state index contributed by atoms with van der Waals surface area (Å²) in [6.07, 6.45) is 0. The summed E-state index contributed by atoms with van der Waals surface area (Å²) in [7, 11) is 1.57. The van der Waals surface area contributed by atoms with Crippen molar-refractivity contribution in [1.82, 2.24) is 0 Å². The second kappa shape index (κ2) is 12.0. The van der Waals surface area contributed by atoms with E-state index in [0.29, 0.717) is 32.7 Å². The molecule has 0 radical (unpaired) electrons. The highest BCUT2D eigenvalue weighted by atomic mass is 35.5. The van der Waals surface area contributed by atoms with Gasteiger partial charge in [0.1, 0.15) is 11.0 Å². The van der Waals surface area contributed by atoms with Gasteiger partial charge in [0.25, 0.3) is 5.91 Å². The quantitative estimate of drug-likeness (QED) is 0.226. The first-order chi connectivity index (χ1) is 17.4. The average Bonchev–Trinajstić information content (AvgIpc) is 2.89. The van der Waals surface area contributed by atoms with Gasteiger partial charge < -0.3 is 15.4 Å². The first kappa shape index (κ1) is 25.6. The van der Waals surface area contributed by atoms with Crippen LogP contribution < -0.4 is 15.4 Å². The minimum Gasteiger partial charge on any atom is -0.497 e. The van der Waals surface area contributed by atoms with Crippen molar-refractivity contribution in [2.45, 2.75) is 10.1 Å². The fraction of sp³-hybridized carbons (Fsp3) is 0.0714. The van der Waals surface area contributed by atoms with Crippen LogP contribution in [0.25, 0.3) is 0 Å². The van der Waals surface area contributed by atoms with Crippen LogP contribution in [-0.2, 0) is 4.79 Å². The van der Waals surface area contributed by atoms with E-state index in [0.717, 1.165) is 10.5 Å². The smallest absolute Gasteiger partial charge is 0.255 e. The number of carbonyl (C=O) groups excluding carboxylic acids is 2. The lowest BCUT2D eigenvalue weighted by molar-refractivity contribution is -0.115. The molecule has 8 heteroatoms. The van der Waals surface area contributed by atoms with E-state index in [1.54, 1.807) is 55.6 Å². The molecule has 0 spiro atoms. The molecule has 4 aromatic rings. The summed E-state index contributed by atoms with van der Waals surface area (Å²) >= 11 is 13.6. The number of amides is 2. The van der Waals surface area contributed by atoms with E-state index >= 15 is 0 Å². The van der Waals surface area contributed by atoms with Crippen molar-refractivity contribution in [3.63, 3.8) is 0 Å². The number of carbonyl (C=O) groups is 2. The molecule has 0 fully saturated rings. The summed E-state index contributed by atoms with van der Waals surface area (Å²) in [6.45, 7) is 0. The van der Waals surface area contributed by atoms with Gasteiger partial charge in [-0.05, 0) is 66.2 Å². The van der Waals surface area contributed by atoms with Crippen molar-refractivity contribution >= 4 is 58.2 Å². The summed E-state index contributed by atoms with van der Waals surface area (Å²) in [6, 6.07) is 28.6. The molecule has 1 atom stereocenters. The van der Waals surface area contributed by atoms with Gasteiger partial charge in [-0.1, -0.05) is 59.6 Å². The molecule has 0 aliphatic carbocycles. The number of rotatable bonds is 8. The lowest BCUT2D eigenvalue weighted by atomic mass is 10.1. The van der Waals surface area contributed by atoms with E-state index in [9.17, 15) is 9.59 Å². The molecule has 4 rings (SSSR count).